The summed E-state index contributed by atoms with van der Waals surface area (Å²) in [6.07, 6.45) is 4.80. The molecule has 1 aliphatic carbocycles. The molecule has 1 saturated carbocycles. The van der Waals surface area contributed by atoms with Crippen molar-refractivity contribution in [1.29, 1.82) is 0 Å². The van der Waals surface area contributed by atoms with Crippen LogP contribution in [-0.2, 0) is 9.53 Å². The van der Waals surface area contributed by atoms with Gasteiger partial charge >= 0.3 is 5.97 Å². The molecule has 7 heteroatoms. The minimum absolute atomic E-state index is 0.121. The number of hydrogen-bond donors (Lipinski definition) is 1. The molecule has 0 saturated heterocycles. The zero-order valence-electron chi connectivity index (χ0n) is 14.3. The summed E-state index contributed by atoms with van der Waals surface area (Å²) in [6.45, 7) is 5.13. The van der Waals surface area contributed by atoms with E-state index in [1.54, 1.807) is 25.6 Å². The fourth-order valence-corrected chi connectivity index (χ4v) is 5.03. The molecule has 132 valence electrons. The average Bonchev–Trinajstić information content (AvgIpc) is 3.13. The standard InChI is InChI=1S/C17H23NO4S2/c1-4-22-17(21)14-10(2)15(11(3)19)24-16(14)18-13(20)9-23-12-7-5-6-8-12/h12H,4-9H2,1-3H3,(H,18,20). The molecule has 0 spiro atoms. The Morgan fingerprint density at radius 2 is 1.96 bits per heavy atom. The van der Waals surface area contributed by atoms with Gasteiger partial charge in [-0.05, 0) is 39.2 Å². The Bertz CT molecular complexity index is 633. The Kier molecular flexibility index (Phi) is 6.86. The largest absolute Gasteiger partial charge is 0.462 e. The Labute approximate surface area is 150 Å². The lowest BCUT2D eigenvalue weighted by atomic mass is 10.1. The number of esters is 1. The summed E-state index contributed by atoms with van der Waals surface area (Å²) in [6, 6.07) is 0. The molecular weight excluding hydrogens is 346 g/mol. The molecule has 1 aliphatic rings. The van der Waals surface area contributed by atoms with Gasteiger partial charge in [-0.1, -0.05) is 12.8 Å². The first-order valence-corrected chi connectivity index (χ1v) is 10.0. The van der Waals surface area contributed by atoms with E-state index < -0.39 is 5.97 Å². The van der Waals surface area contributed by atoms with E-state index in [-0.39, 0.29) is 18.3 Å². The van der Waals surface area contributed by atoms with Crippen molar-refractivity contribution in [2.75, 3.05) is 17.7 Å². The summed E-state index contributed by atoms with van der Waals surface area (Å²) >= 11 is 2.81. The second-order valence-electron chi connectivity index (χ2n) is 5.80. The predicted molar refractivity (Wildman–Crippen MR) is 98.4 cm³/mol. The number of thiophene rings is 1. The summed E-state index contributed by atoms with van der Waals surface area (Å²) in [5.74, 6) is -0.408. The molecule has 1 amide bonds. The number of Topliss-reactive ketones (excluding diaryl/α,β-unsaturated/α-hetero) is 1. The van der Waals surface area contributed by atoms with E-state index in [0.29, 0.717) is 32.0 Å². The Hall–Kier alpha value is -1.34. The lowest BCUT2D eigenvalue weighted by molar-refractivity contribution is -0.113. The highest BCUT2D eigenvalue weighted by Crippen LogP contribution is 2.35. The minimum Gasteiger partial charge on any atom is -0.462 e. The van der Waals surface area contributed by atoms with Gasteiger partial charge in [-0.2, -0.15) is 0 Å². The number of hydrogen-bond acceptors (Lipinski definition) is 6. The molecule has 0 aromatic carbocycles. The number of anilines is 1. The maximum Gasteiger partial charge on any atom is 0.341 e. The second-order valence-corrected chi connectivity index (χ2v) is 8.11. The first kappa shape index (κ1) is 19.0. The van der Waals surface area contributed by atoms with Gasteiger partial charge in [-0.25, -0.2) is 4.79 Å². The van der Waals surface area contributed by atoms with Crippen LogP contribution in [0.3, 0.4) is 0 Å². The quantitative estimate of drug-likeness (QED) is 0.580. The molecule has 0 aliphatic heterocycles. The van der Waals surface area contributed by atoms with Crippen molar-refractivity contribution >= 4 is 45.8 Å². The van der Waals surface area contributed by atoms with Gasteiger partial charge in [0.1, 0.15) is 5.00 Å². The monoisotopic (exact) mass is 369 g/mol. The minimum atomic E-state index is -0.502. The molecule has 2 rings (SSSR count). The first-order chi connectivity index (χ1) is 11.4. The van der Waals surface area contributed by atoms with Crippen LogP contribution in [0, 0.1) is 6.92 Å². The van der Waals surface area contributed by atoms with E-state index in [2.05, 4.69) is 5.32 Å². The third-order valence-corrected chi connectivity index (χ3v) is 6.63. The predicted octanol–water partition coefficient (Wildman–Crippen LogP) is 4.05. The Morgan fingerprint density at radius 1 is 1.29 bits per heavy atom. The average molecular weight is 370 g/mol. The van der Waals surface area contributed by atoms with Gasteiger partial charge in [0.15, 0.2) is 5.78 Å². The molecule has 1 N–H and O–H groups in total. The summed E-state index contributed by atoms with van der Waals surface area (Å²) in [7, 11) is 0. The second kappa shape index (κ2) is 8.67. The van der Waals surface area contributed by atoms with Crippen molar-refractivity contribution in [2.45, 2.75) is 51.7 Å². The Balaban J connectivity index is 2.12. The van der Waals surface area contributed by atoms with E-state index in [0.717, 1.165) is 11.3 Å². The van der Waals surface area contributed by atoms with Crippen LogP contribution in [0.5, 0.6) is 0 Å². The van der Waals surface area contributed by atoms with Crippen LogP contribution in [0.1, 0.15) is 65.1 Å². The number of ketones is 1. The fourth-order valence-electron chi connectivity index (χ4n) is 2.80. The fraction of sp³-hybridized carbons (Fsp3) is 0.588. The van der Waals surface area contributed by atoms with Crippen LogP contribution >= 0.6 is 23.1 Å². The molecule has 0 radical (unpaired) electrons. The highest BCUT2D eigenvalue weighted by Gasteiger charge is 2.25. The molecule has 0 atom stereocenters. The van der Waals surface area contributed by atoms with E-state index in [1.165, 1.54) is 32.6 Å². The number of ether oxygens (including phenoxy) is 1. The van der Waals surface area contributed by atoms with Gasteiger partial charge in [-0.15, -0.1) is 23.1 Å². The zero-order valence-corrected chi connectivity index (χ0v) is 15.9. The van der Waals surface area contributed by atoms with Crippen LogP contribution in [0.25, 0.3) is 0 Å². The van der Waals surface area contributed by atoms with Gasteiger partial charge in [0.05, 0.1) is 22.8 Å². The first-order valence-electron chi connectivity index (χ1n) is 8.16. The number of thioether (sulfide) groups is 1. The highest BCUT2D eigenvalue weighted by atomic mass is 32.2. The molecular formula is C17H23NO4S2. The van der Waals surface area contributed by atoms with Gasteiger partial charge in [0.2, 0.25) is 5.91 Å². The summed E-state index contributed by atoms with van der Waals surface area (Å²) < 4.78 is 5.07. The van der Waals surface area contributed by atoms with Crippen LogP contribution < -0.4 is 5.32 Å². The molecule has 1 heterocycles. The van der Waals surface area contributed by atoms with Gasteiger partial charge in [0.25, 0.3) is 0 Å². The molecule has 0 unspecified atom stereocenters. The maximum absolute atomic E-state index is 12.2. The van der Waals surface area contributed by atoms with Crippen molar-refractivity contribution in [2.24, 2.45) is 0 Å². The highest BCUT2D eigenvalue weighted by molar-refractivity contribution is 8.00. The van der Waals surface area contributed by atoms with Crippen LogP contribution in [-0.4, -0.2) is 35.3 Å². The summed E-state index contributed by atoms with van der Waals surface area (Å²) in [4.78, 5) is 36.6. The SMILES string of the molecule is CCOC(=O)c1c(NC(=O)CSC2CCCC2)sc(C(C)=O)c1C. The molecule has 5 nitrogen and oxygen atoms in total. The Morgan fingerprint density at radius 3 is 2.54 bits per heavy atom. The van der Waals surface area contributed by atoms with E-state index >= 15 is 0 Å². The molecule has 0 bridgehead atoms. The van der Waals surface area contributed by atoms with Crippen molar-refractivity contribution in [1.82, 2.24) is 0 Å². The van der Waals surface area contributed by atoms with E-state index in [9.17, 15) is 14.4 Å². The molecule has 24 heavy (non-hydrogen) atoms. The third-order valence-electron chi connectivity index (χ3n) is 3.95. The third kappa shape index (κ3) is 4.60. The molecule has 1 aromatic heterocycles. The smallest absolute Gasteiger partial charge is 0.341 e. The maximum atomic E-state index is 12.2. The topological polar surface area (TPSA) is 72.5 Å². The number of nitrogens with one attached hydrogen (secondary N) is 1. The van der Waals surface area contributed by atoms with Crippen LogP contribution in [0.4, 0.5) is 5.00 Å². The lowest BCUT2D eigenvalue weighted by Gasteiger charge is -2.09. The van der Waals surface area contributed by atoms with Gasteiger partial charge < -0.3 is 10.1 Å². The summed E-state index contributed by atoms with van der Waals surface area (Å²) in [5.41, 5.74) is 0.871. The lowest BCUT2D eigenvalue weighted by Crippen LogP contribution is -2.17. The molecule has 1 fully saturated rings. The van der Waals surface area contributed by atoms with Gasteiger partial charge in [-0.3, -0.25) is 9.59 Å². The van der Waals surface area contributed by atoms with E-state index in [4.69, 9.17) is 4.74 Å². The van der Waals surface area contributed by atoms with Crippen LogP contribution in [0.2, 0.25) is 0 Å². The molecule has 1 aromatic rings. The van der Waals surface area contributed by atoms with Crippen LogP contribution in [0.15, 0.2) is 0 Å². The zero-order chi connectivity index (χ0) is 17.7. The van der Waals surface area contributed by atoms with Gasteiger partial charge in [0, 0.05) is 5.25 Å². The number of amides is 1. The number of rotatable bonds is 7. The number of carbonyl (C=O) groups excluding carboxylic acids is 3. The number of carbonyl (C=O) groups is 3. The van der Waals surface area contributed by atoms with Crippen molar-refractivity contribution < 1.29 is 19.1 Å². The van der Waals surface area contributed by atoms with Crippen molar-refractivity contribution in [3.63, 3.8) is 0 Å². The normalized spacial score (nSPS) is 14.6. The van der Waals surface area contributed by atoms with E-state index in [1.807, 2.05) is 0 Å². The summed E-state index contributed by atoms with van der Waals surface area (Å²) in [5, 5.41) is 3.76. The van der Waals surface area contributed by atoms with Crippen molar-refractivity contribution in [3.05, 3.63) is 16.0 Å². The van der Waals surface area contributed by atoms with Crippen molar-refractivity contribution in [3.8, 4) is 0 Å².